The van der Waals surface area contributed by atoms with Gasteiger partial charge in [0.15, 0.2) is 35.6 Å². The normalized spacial score (nSPS) is 22.0. The number of hydrogen-bond acceptors (Lipinski definition) is 20. The second-order valence-corrected chi connectivity index (χ2v) is 18.3. The number of nitrogens with zero attached hydrogens (tertiary/aromatic N) is 14. The number of fused-ring (bicyclic) bond motifs is 3. The summed E-state index contributed by atoms with van der Waals surface area (Å²) in [6.45, 7) is 0. The average molecular weight is 845 g/mol. The largest absolute Gasteiger partial charge is 0.323 e. The molecule has 0 fully saturated rings. The van der Waals surface area contributed by atoms with E-state index in [9.17, 15) is 8.42 Å². The quantitative estimate of drug-likeness (QED) is 0.198. The fraction of sp³-hybridized carbons (Fsp3) is 0.114. The number of thioether (sulfide) groups is 3. The number of amides is 1. The first kappa shape index (κ1) is 37.2. The molecule has 19 nitrogen and oxygen atoms in total. The number of azo groups is 1. The highest BCUT2D eigenvalue weighted by Gasteiger charge is 2.51. The van der Waals surface area contributed by atoms with Gasteiger partial charge in [-0.15, -0.1) is 0 Å². The van der Waals surface area contributed by atoms with Gasteiger partial charge in [-0.2, -0.15) is 10.2 Å². The van der Waals surface area contributed by atoms with Gasteiger partial charge in [-0.25, -0.2) is 53.3 Å². The Morgan fingerprint density at radius 2 is 1.00 bits per heavy atom. The Kier molecular flexibility index (Phi) is 10.1. The highest BCUT2D eigenvalue weighted by atomic mass is 32.3. The maximum absolute atomic E-state index is 15.0. The van der Waals surface area contributed by atoms with Gasteiger partial charge >= 0.3 is 0 Å². The Morgan fingerprint density at radius 1 is 0.552 bits per heavy atom. The van der Waals surface area contributed by atoms with Crippen LogP contribution in [0.25, 0.3) is 0 Å². The molecule has 3 aromatic rings. The molecule has 3 aromatic carbocycles. The summed E-state index contributed by atoms with van der Waals surface area (Å²) < 4.78 is 27.9. The zero-order chi connectivity index (χ0) is 39.5. The van der Waals surface area contributed by atoms with E-state index in [0.717, 1.165) is 35.3 Å². The summed E-state index contributed by atoms with van der Waals surface area (Å²) in [5.41, 5.74) is 1.87. The molecule has 0 aromatic heterocycles. The zero-order valence-corrected chi connectivity index (χ0v) is 32.6. The Balaban J connectivity index is 0.996. The third kappa shape index (κ3) is 7.78. The minimum atomic E-state index is -4.02. The highest BCUT2D eigenvalue weighted by Crippen LogP contribution is 2.52. The van der Waals surface area contributed by atoms with E-state index in [2.05, 4.69) is 80.2 Å². The predicted octanol–water partition coefficient (Wildman–Crippen LogP) is 5.44. The van der Waals surface area contributed by atoms with Gasteiger partial charge in [-0.1, -0.05) is 53.5 Å². The smallest absolute Gasteiger partial charge is 0.262 e. The molecule has 1 amide bonds. The molecule has 2 N–H and O–H groups in total. The van der Waals surface area contributed by atoms with E-state index in [-0.39, 0.29) is 4.90 Å². The number of benzene rings is 3. The van der Waals surface area contributed by atoms with Gasteiger partial charge in [0.2, 0.25) is 3.41 Å². The van der Waals surface area contributed by atoms with Gasteiger partial charge in [0.1, 0.15) is 53.2 Å². The van der Waals surface area contributed by atoms with Crippen molar-refractivity contribution in [2.45, 2.75) is 26.4 Å². The molecule has 23 heteroatoms. The number of sulfonamides is 1. The van der Waals surface area contributed by atoms with E-state index in [4.69, 9.17) is 0 Å². The number of nitrogens with one attached hydrogen (secondary N) is 2. The second-order valence-electron chi connectivity index (χ2n) is 12.1. The first-order chi connectivity index (χ1) is 28.3. The van der Waals surface area contributed by atoms with E-state index < -0.39 is 37.5 Å². The SMILES string of the molecule is O=C(Nc1ccc(S(=O)(=O)Nc2ccc(N=Nc3ccccc3)cc2)cc1)C(SC1=NC=NC2=NC=NC21)(SC1=NC=NC2=NC=NC21)SC1=NC=NC2=NC=NC21. The lowest BCUT2D eigenvalue weighted by Gasteiger charge is -2.34. The molecule has 0 aliphatic carbocycles. The monoisotopic (exact) mass is 844 g/mol. The molecule has 0 saturated carbocycles. The molecule has 58 heavy (non-hydrogen) atoms. The predicted molar refractivity (Wildman–Crippen MR) is 235 cm³/mol. The molecule has 9 rings (SSSR count). The lowest BCUT2D eigenvalue weighted by molar-refractivity contribution is -0.114. The molecule has 6 heterocycles. The number of rotatable bonds is 10. The maximum Gasteiger partial charge on any atom is 0.262 e. The van der Waals surface area contributed by atoms with Crippen LogP contribution in [0.3, 0.4) is 0 Å². The average Bonchev–Trinajstić information content (AvgIpc) is 4.04. The standard InChI is InChI=1S/C35H24N16O3S4/c52-34(48-20-10-12-24(13-11-20)58(53,54)51-23-8-6-22(7-9-23)50-49-21-4-2-1-3-5-21)35(55-31-25-28(39-14-36-25)42-17-45-31,56-32-26-29(40-15-37-26)43-18-46-32)57-33-27-30(41-16-38-27)44-19-47-33/h1-19,25-27,51H,(H,48,52). The number of aliphatic imine (C=N–C) groups is 12. The first-order valence-electron chi connectivity index (χ1n) is 17.0. The van der Waals surface area contributed by atoms with Crippen LogP contribution in [-0.2, 0) is 14.8 Å². The lowest BCUT2D eigenvalue weighted by atomic mass is 10.3. The van der Waals surface area contributed by atoms with Crippen LogP contribution in [0.2, 0.25) is 0 Å². The Morgan fingerprint density at radius 3 is 1.48 bits per heavy atom. The van der Waals surface area contributed by atoms with Gasteiger partial charge in [0.25, 0.3) is 15.9 Å². The highest BCUT2D eigenvalue weighted by molar-refractivity contribution is 8.46. The molecular weight excluding hydrogens is 821 g/mol. The Bertz CT molecular complexity index is 2550. The van der Waals surface area contributed by atoms with E-state index in [1.807, 2.05) is 30.3 Å². The van der Waals surface area contributed by atoms with Crippen molar-refractivity contribution >= 4 is 145 Å². The minimum Gasteiger partial charge on any atom is -0.323 e. The zero-order valence-electron chi connectivity index (χ0n) is 29.3. The van der Waals surface area contributed by atoms with Crippen LogP contribution in [0.4, 0.5) is 22.7 Å². The molecule has 0 saturated heterocycles. The summed E-state index contributed by atoms with van der Waals surface area (Å²) in [5, 5.41) is 12.7. The van der Waals surface area contributed by atoms with Gasteiger partial charge in [-0.3, -0.25) is 24.5 Å². The molecule has 286 valence electrons. The van der Waals surface area contributed by atoms with Crippen molar-refractivity contribution < 1.29 is 13.2 Å². The second kappa shape index (κ2) is 15.8. The topological polar surface area (TPSA) is 248 Å². The Hall–Kier alpha value is -6.43. The summed E-state index contributed by atoms with van der Waals surface area (Å²) in [6, 6.07) is 19.6. The molecule has 0 bridgehead atoms. The number of amidine groups is 3. The van der Waals surface area contributed by atoms with Crippen molar-refractivity contribution in [1.29, 1.82) is 0 Å². The number of carbonyl (C=O) groups excluding carboxylic acids is 1. The van der Waals surface area contributed by atoms with Crippen LogP contribution in [0, 0.1) is 0 Å². The first-order valence-corrected chi connectivity index (χ1v) is 20.9. The molecule has 3 atom stereocenters. The van der Waals surface area contributed by atoms with Crippen molar-refractivity contribution in [3.63, 3.8) is 0 Å². The summed E-state index contributed by atoms with van der Waals surface area (Å²) in [7, 11) is -4.02. The minimum absolute atomic E-state index is 0.0343. The molecule has 3 unspecified atom stereocenters. The summed E-state index contributed by atoms with van der Waals surface area (Å²) in [6.07, 6.45) is 8.27. The fourth-order valence-electron chi connectivity index (χ4n) is 5.58. The molecular formula is C35H24N16O3S4. The number of carbonyl (C=O) groups is 1. The summed E-state index contributed by atoms with van der Waals surface area (Å²) in [4.78, 5) is 67.4. The van der Waals surface area contributed by atoms with E-state index in [1.165, 1.54) is 62.3 Å². The van der Waals surface area contributed by atoms with Crippen LogP contribution in [0.5, 0.6) is 0 Å². The van der Waals surface area contributed by atoms with Crippen molar-refractivity contribution in [1.82, 2.24) is 0 Å². The van der Waals surface area contributed by atoms with Crippen molar-refractivity contribution in [2.75, 3.05) is 10.0 Å². The van der Waals surface area contributed by atoms with Crippen LogP contribution in [0.15, 0.2) is 154 Å². The lowest BCUT2D eigenvalue weighted by Crippen LogP contribution is -2.43. The molecule has 0 radical (unpaired) electrons. The van der Waals surface area contributed by atoms with Crippen LogP contribution < -0.4 is 10.0 Å². The van der Waals surface area contributed by atoms with Crippen molar-refractivity contribution in [3.8, 4) is 0 Å². The van der Waals surface area contributed by atoms with Crippen LogP contribution in [-0.4, -0.2) is 107 Å². The third-order valence-corrected chi connectivity index (χ3v) is 14.2. The Labute approximate surface area is 341 Å². The molecule has 6 aliphatic heterocycles. The van der Waals surface area contributed by atoms with Crippen LogP contribution in [0.1, 0.15) is 0 Å². The van der Waals surface area contributed by atoms with Crippen LogP contribution >= 0.6 is 35.3 Å². The maximum atomic E-state index is 15.0. The van der Waals surface area contributed by atoms with Crippen molar-refractivity contribution in [2.24, 2.45) is 70.1 Å². The number of hydrogen-bond donors (Lipinski definition) is 2. The summed E-state index contributed by atoms with van der Waals surface area (Å²) >= 11 is 3.33. The van der Waals surface area contributed by atoms with E-state index in [0.29, 0.717) is 55.4 Å². The third-order valence-electron chi connectivity index (χ3n) is 8.35. The number of anilines is 2. The van der Waals surface area contributed by atoms with Gasteiger partial charge in [-0.05, 0) is 60.7 Å². The molecule has 0 spiro atoms. The van der Waals surface area contributed by atoms with Gasteiger partial charge in [0, 0.05) is 11.4 Å². The van der Waals surface area contributed by atoms with Crippen molar-refractivity contribution in [3.05, 3.63) is 78.9 Å². The summed E-state index contributed by atoms with van der Waals surface area (Å²) in [5.74, 6) is 0.731. The molecule has 6 aliphatic rings. The van der Waals surface area contributed by atoms with E-state index in [1.54, 1.807) is 24.3 Å². The van der Waals surface area contributed by atoms with Gasteiger partial charge < -0.3 is 5.32 Å². The van der Waals surface area contributed by atoms with E-state index >= 15 is 4.79 Å². The fourth-order valence-corrected chi connectivity index (χ4v) is 11.1. The van der Waals surface area contributed by atoms with Gasteiger partial charge in [0.05, 0.1) is 16.3 Å².